The largest absolute Gasteiger partial charge is 0.497 e. The Kier molecular flexibility index (Phi) is 2.83. The van der Waals surface area contributed by atoms with Gasteiger partial charge >= 0.3 is 7.12 Å². The maximum Gasteiger partial charge on any atom is 0.497 e. The molecule has 0 aliphatic carbocycles. The summed E-state index contributed by atoms with van der Waals surface area (Å²) < 4.78 is 12.3. The SMILES string of the molecule is Cc1ccc(B2OC(C)(C)C(C)(C)O2)c2[nH]cc(C)c12. The van der Waals surface area contributed by atoms with Gasteiger partial charge in [-0.05, 0) is 52.7 Å². The van der Waals surface area contributed by atoms with Crippen molar-refractivity contribution in [1.29, 1.82) is 0 Å². The van der Waals surface area contributed by atoms with Crippen LogP contribution in [0.4, 0.5) is 0 Å². The highest BCUT2D eigenvalue weighted by atomic mass is 16.7. The average molecular weight is 271 g/mol. The first-order valence-electron chi connectivity index (χ1n) is 7.16. The number of aryl methyl sites for hydroxylation is 2. The Labute approximate surface area is 120 Å². The van der Waals surface area contributed by atoms with Crippen LogP contribution in [0.5, 0.6) is 0 Å². The van der Waals surface area contributed by atoms with E-state index in [1.54, 1.807) is 0 Å². The molecule has 1 aromatic carbocycles. The van der Waals surface area contributed by atoms with Gasteiger partial charge in [0, 0.05) is 22.6 Å². The average Bonchev–Trinajstić information content (AvgIpc) is 2.80. The highest BCUT2D eigenvalue weighted by Gasteiger charge is 2.52. The fraction of sp³-hybridized carbons (Fsp3) is 0.500. The van der Waals surface area contributed by atoms with Crippen LogP contribution in [0.3, 0.4) is 0 Å². The van der Waals surface area contributed by atoms with Crippen molar-refractivity contribution in [3.8, 4) is 0 Å². The van der Waals surface area contributed by atoms with E-state index in [1.165, 1.54) is 16.5 Å². The van der Waals surface area contributed by atoms with Gasteiger partial charge in [-0.3, -0.25) is 0 Å². The number of benzene rings is 1. The highest BCUT2D eigenvalue weighted by Crippen LogP contribution is 2.37. The number of rotatable bonds is 1. The maximum absolute atomic E-state index is 6.17. The van der Waals surface area contributed by atoms with E-state index in [2.05, 4.69) is 58.7 Å². The molecule has 1 fully saturated rings. The molecule has 20 heavy (non-hydrogen) atoms. The van der Waals surface area contributed by atoms with Crippen molar-refractivity contribution in [3.63, 3.8) is 0 Å². The number of hydrogen-bond donors (Lipinski definition) is 1. The number of aromatic nitrogens is 1. The fourth-order valence-corrected chi connectivity index (χ4v) is 2.81. The molecular formula is C16H22BNO2. The Morgan fingerprint density at radius 1 is 0.950 bits per heavy atom. The van der Waals surface area contributed by atoms with Crippen LogP contribution in [-0.4, -0.2) is 23.3 Å². The van der Waals surface area contributed by atoms with Crippen molar-refractivity contribution < 1.29 is 9.31 Å². The summed E-state index contributed by atoms with van der Waals surface area (Å²) in [5.41, 5.74) is 4.13. The number of fused-ring (bicyclic) bond motifs is 1. The standard InChI is InChI=1S/C16H22BNO2/c1-10-7-8-12(14-13(10)11(2)9-18-14)17-19-15(3,4)16(5,6)20-17/h7-9,18H,1-6H3. The van der Waals surface area contributed by atoms with Crippen molar-refractivity contribution in [1.82, 2.24) is 4.98 Å². The molecule has 0 amide bonds. The minimum absolute atomic E-state index is 0.309. The van der Waals surface area contributed by atoms with Gasteiger partial charge in [0.05, 0.1) is 11.2 Å². The maximum atomic E-state index is 6.17. The van der Waals surface area contributed by atoms with Gasteiger partial charge in [-0.25, -0.2) is 0 Å². The lowest BCUT2D eigenvalue weighted by Crippen LogP contribution is -2.41. The Morgan fingerprint density at radius 3 is 2.15 bits per heavy atom. The molecule has 0 bridgehead atoms. The van der Waals surface area contributed by atoms with Crippen molar-refractivity contribution in [2.24, 2.45) is 0 Å². The van der Waals surface area contributed by atoms with E-state index in [-0.39, 0.29) is 18.3 Å². The molecule has 1 N–H and O–H groups in total. The molecule has 1 saturated heterocycles. The zero-order valence-electron chi connectivity index (χ0n) is 13.1. The Balaban J connectivity index is 2.11. The zero-order chi connectivity index (χ0) is 14.7. The van der Waals surface area contributed by atoms with Crippen LogP contribution in [-0.2, 0) is 9.31 Å². The third-order valence-electron chi connectivity index (χ3n) is 4.78. The van der Waals surface area contributed by atoms with Crippen molar-refractivity contribution >= 4 is 23.5 Å². The molecule has 1 aliphatic heterocycles. The molecule has 3 nitrogen and oxygen atoms in total. The van der Waals surface area contributed by atoms with Gasteiger partial charge in [0.25, 0.3) is 0 Å². The van der Waals surface area contributed by atoms with Crippen molar-refractivity contribution in [3.05, 3.63) is 29.5 Å². The van der Waals surface area contributed by atoms with E-state index in [4.69, 9.17) is 9.31 Å². The first-order chi connectivity index (χ1) is 9.23. The molecule has 1 aromatic heterocycles. The molecule has 106 valence electrons. The van der Waals surface area contributed by atoms with Crippen LogP contribution in [0.2, 0.25) is 0 Å². The second-order valence-electron chi connectivity index (χ2n) is 6.78. The fourth-order valence-electron chi connectivity index (χ4n) is 2.81. The predicted octanol–water partition coefficient (Wildman–Crippen LogP) is 3.08. The molecule has 0 spiro atoms. The molecule has 0 atom stereocenters. The Morgan fingerprint density at radius 2 is 1.55 bits per heavy atom. The number of nitrogens with one attached hydrogen (secondary N) is 1. The van der Waals surface area contributed by atoms with Crippen LogP contribution in [0.1, 0.15) is 38.8 Å². The molecule has 4 heteroatoms. The van der Waals surface area contributed by atoms with E-state index in [1.807, 2.05) is 6.20 Å². The summed E-state index contributed by atoms with van der Waals surface area (Å²) in [4.78, 5) is 3.37. The van der Waals surface area contributed by atoms with E-state index in [0.29, 0.717) is 0 Å². The highest BCUT2D eigenvalue weighted by molar-refractivity contribution is 6.65. The third-order valence-corrected chi connectivity index (χ3v) is 4.78. The summed E-state index contributed by atoms with van der Waals surface area (Å²) in [5.74, 6) is 0. The van der Waals surface area contributed by atoms with Crippen LogP contribution in [0.15, 0.2) is 18.3 Å². The van der Waals surface area contributed by atoms with Gasteiger partial charge in [0.2, 0.25) is 0 Å². The van der Waals surface area contributed by atoms with Gasteiger partial charge in [0.1, 0.15) is 0 Å². The Hall–Kier alpha value is -1.26. The number of hydrogen-bond acceptors (Lipinski definition) is 2. The van der Waals surface area contributed by atoms with Gasteiger partial charge in [-0.1, -0.05) is 12.1 Å². The summed E-state index contributed by atoms with van der Waals surface area (Å²) in [6.45, 7) is 12.6. The molecule has 0 unspecified atom stereocenters. The molecule has 2 heterocycles. The van der Waals surface area contributed by atoms with Crippen LogP contribution >= 0.6 is 0 Å². The molecule has 1 aliphatic rings. The molecule has 2 aromatic rings. The summed E-state index contributed by atoms with van der Waals surface area (Å²) in [5, 5.41) is 1.28. The third kappa shape index (κ3) is 1.82. The monoisotopic (exact) mass is 271 g/mol. The first kappa shape index (κ1) is 13.7. The van der Waals surface area contributed by atoms with E-state index in [9.17, 15) is 0 Å². The number of H-pyrrole nitrogens is 1. The quantitative estimate of drug-likeness (QED) is 0.809. The smallest absolute Gasteiger partial charge is 0.399 e. The van der Waals surface area contributed by atoms with Crippen molar-refractivity contribution in [2.75, 3.05) is 0 Å². The van der Waals surface area contributed by atoms with E-state index in [0.717, 1.165) is 11.0 Å². The summed E-state index contributed by atoms with van der Waals surface area (Å²) in [6.07, 6.45) is 2.05. The lowest BCUT2D eigenvalue weighted by atomic mass is 9.77. The molecular weight excluding hydrogens is 249 g/mol. The van der Waals surface area contributed by atoms with Crippen LogP contribution in [0.25, 0.3) is 10.9 Å². The summed E-state index contributed by atoms with van der Waals surface area (Å²) in [7, 11) is -0.318. The second-order valence-corrected chi connectivity index (χ2v) is 6.78. The zero-order valence-corrected chi connectivity index (χ0v) is 13.1. The van der Waals surface area contributed by atoms with Gasteiger partial charge in [-0.15, -0.1) is 0 Å². The minimum Gasteiger partial charge on any atom is -0.399 e. The molecule has 0 radical (unpaired) electrons. The number of aromatic amines is 1. The first-order valence-corrected chi connectivity index (χ1v) is 7.16. The van der Waals surface area contributed by atoms with Crippen LogP contribution < -0.4 is 5.46 Å². The second kappa shape index (κ2) is 4.12. The van der Waals surface area contributed by atoms with Gasteiger partial charge in [-0.2, -0.15) is 0 Å². The van der Waals surface area contributed by atoms with Gasteiger partial charge in [0.15, 0.2) is 0 Å². The molecule has 3 rings (SSSR count). The minimum atomic E-state index is -0.318. The normalized spacial score (nSPS) is 20.8. The Bertz CT molecular complexity index is 656. The summed E-state index contributed by atoms with van der Waals surface area (Å²) >= 11 is 0. The van der Waals surface area contributed by atoms with E-state index < -0.39 is 0 Å². The van der Waals surface area contributed by atoms with Crippen LogP contribution in [0, 0.1) is 13.8 Å². The molecule has 0 saturated carbocycles. The predicted molar refractivity (Wildman–Crippen MR) is 83.5 cm³/mol. The topological polar surface area (TPSA) is 34.2 Å². The van der Waals surface area contributed by atoms with Gasteiger partial charge < -0.3 is 14.3 Å². The summed E-state index contributed by atoms with van der Waals surface area (Å²) in [6, 6.07) is 4.25. The lowest BCUT2D eigenvalue weighted by molar-refractivity contribution is 0.00578. The van der Waals surface area contributed by atoms with E-state index >= 15 is 0 Å². The van der Waals surface area contributed by atoms with Crippen molar-refractivity contribution in [2.45, 2.75) is 52.7 Å². The lowest BCUT2D eigenvalue weighted by Gasteiger charge is -2.32.